The van der Waals surface area contributed by atoms with Crippen molar-refractivity contribution in [1.82, 2.24) is 0 Å². The van der Waals surface area contributed by atoms with Crippen molar-refractivity contribution in [2.24, 2.45) is 0 Å². The molecular formula is C18H17F3O3S. The first-order chi connectivity index (χ1) is 11.8. The van der Waals surface area contributed by atoms with Gasteiger partial charge in [0, 0.05) is 17.1 Å². The molecule has 7 heteroatoms. The van der Waals surface area contributed by atoms with Crippen LogP contribution in [0.25, 0.3) is 0 Å². The number of aliphatic carboxylic acids is 1. The van der Waals surface area contributed by atoms with Crippen molar-refractivity contribution in [3.8, 4) is 5.75 Å². The molecule has 0 saturated carbocycles. The first-order valence-electron chi connectivity index (χ1n) is 7.52. The Kier molecular flexibility index (Phi) is 6.36. The molecule has 0 fully saturated rings. The number of carboxylic acids is 1. The van der Waals surface area contributed by atoms with Gasteiger partial charge in [-0.1, -0.05) is 18.2 Å². The van der Waals surface area contributed by atoms with Crippen LogP contribution in [0.2, 0.25) is 0 Å². The highest BCUT2D eigenvalue weighted by Gasteiger charge is 2.30. The van der Waals surface area contributed by atoms with Crippen molar-refractivity contribution in [2.75, 3.05) is 5.75 Å². The second-order valence-electron chi connectivity index (χ2n) is 5.37. The summed E-state index contributed by atoms with van der Waals surface area (Å²) >= 11 is 1.52. The number of hydrogen-bond donors (Lipinski definition) is 1. The summed E-state index contributed by atoms with van der Waals surface area (Å²) in [6.45, 7) is 1.97. The van der Waals surface area contributed by atoms with Gasteiger partial charge in [0.2, 0.25) is 0 Å². The Balaban J connectivity index is 1.94. The number of halogens is 3. The van der Waals surface area contributed by atoms with Gasteiger partial charge in [-0.2, -0.15) is 13.2 Å². The summed E-state index contributed by atoms with van der Waals surface area (Å²) in [6, 6.07) is 11.8. The van der Waals surface area contributed by atoms with Gasteiger partial charge in [-0.3, -0.25) is 0 Å². The highest BCUT2D eigenvalue weighted by molar-refractivity contribution is 7.99. The molecule has 0 heterocycles. The number of thioether (sulfide) groups is 1. The van der Waals surface area contributed by atoms with Crippen LogP contribution in [0.15, 0.2) is 53.4 Å². The summed E-state index contributed by atoms with van der Waals surface area (Å²) in [7, 11) is 0. The van der Waals surface area contributed by atoms with Crippen molar-refractivity contribution < 1.29 is 27.8 Å². The second kappa shape index (κ2) is 8.29. The van der Waals surface area contributed by atoms with Crippen LogP contribution in [-0.2, 0) is 11.0 Å². The maximum atomic E-state index is 12.5. The van der Waals surface area contributed by atoms with Crippen molar-refractivity contribution in [3.05, 3.63) is 59.7 Å². The van der Waals surface area contributed by atoms with Gasteiger partial charge in [0.1, 0.15) is 5.75 Å². The fourth-order valence-corrected chi connectivity index (χ4v) is 3.14. The zero-order valence-electron chi connectivity index (χ0n) is 13.4. The van der Waals surface area contributed by atoms with Crippen LogP contribution in [0.1, 0.15) is 17.5 Å². The van der Waals surface area contributed by atoms with Gasteiger partial charge in [-0.05, 0) is 42.8 Å². The Morgan fingerprint density at radius 3 is 2.36 bits per heavy atom. The topological polar surface area (TPSA) is 46.5 Å². The van der Waals surface area contributed by atoms with Crippen molar-refractivity contribution >= 4 is 17.7 Å². The Labute approximate surface area is 147 Å². The standard InChI is InChI=1S/C18H17F3O3S/c1-12-4-2-3-5-16(12)25-11-10-15(17(22)23)24-14-8-6-13(7-9-14)18(19,20)21/h2-9,15H,10-11H2,1H3,(H,22,23)/t15-/m0/s1. The van der Waals surface area contributed by atoms with Gasteiger partial charge in [0.25, 0.3) is 0 Å². The predicted molar refractivity (Wildman–Crippen MR) is 90.0 cm³/mol. The Bertz CT molecular complexity index is 714. The van der Waals surface area contributed by atoms with E-state index in [1.165, 1.54) is 11.8 Å². The van der Waals surface area contributed by atoms with Crippen molar-refractivity contribution in [3.63, 3.8) is 0 Å². The van der Waals surface area contributed by atoms with E-state index in [1.807, 2.05) is 31.2 Å². The van der Waals surface area contributed by atoms with Gasteiger partial charge in [0.05, 0.1) is 5.56 Å². The molecule has 0 aromatic heterocycles. The molecule has 0 spiro atoms. The van der Waals surface area contributed by atoms with Gasteiger partial charge >= 0.3 is 12.1 Å². The molecule has 0 aliphatic heterocycles. The molecule has 1 atom stereocenters. The van der Waals surface area contributed by atoms with E-state index in [4.69, 9.17) is 4.74 Å². The molecule has 2 aromatic carbocycles. The fourth-order valence-electron chi connectivity index (χ4n) is 2.11. The van der Waals surface area contributed by atoms with Gasteiger partial charge in [-0.15, -0.1) is 11.8 Å². The Morgan fingerprint density at radius 1 is 1.16 bits per heavy atom. The largest absolute Gasteiger partial charge is 0.479 e. The first-order valence-corrected chi connectivity index (χ1v) is 8.51. The number of hydrogen-bond acceptors (Lipinski definition) is 3. The summed E-state index contributed by atoms with van der Waals surface area (Å²) in [5.74, 6) is -0.533. The quantitative estimate of drug-likeness (QED) is 0.695. The van der Waals surface area contributed by atoms with Crippen LogP contribution >= 0.6 is 11.8 Å². The normalized spacial score (nSPS) is 12.6. The molecule has 0 saturated heterocycles. The molecule has 0 unspecified atom stereocenters. The number of alkyl halides is 3. The molecule has 3 nitrogen and oxygen atoms in total. The minimum atomic E-state index is -4.44. The minimum absolute atomic E-state index is 0.0984. The summed E-state index contributed by atoms with van der Waals surface area (Å²) < 4.78 is 42.9. The molecule has 2 rings (SSSR count). The number of carboxylic acid groups (broad SMARTS) is 1. The number of aryl methyl sites for hydroxylation is 1. The highest BCUT2D eigenvalue weighted by atomic mass is 32.2. The third-order valence-corrected chi connectivity index (χ3v) is 4.68. The molecule has 0 radical (unpaired) electrons. The third kappa shape index (κ3) is 5.70. The maximum absolute atomic E-state index is 12.5. The average molecular weight is 370 g/mol. The van der Waals surface area contributed by atoms with Crippen LogP contribution in [-0.4, -0.2) is 22.9 Å². The zero-order chi connectivity index (χ0) is 18.4. The lowest BCUT2D eigenvalue weighted by Crippen LogP contribution is -2.27. The lowest BCUT2D eigenvalue weighted by molar-refractivity contribution is -0.145. The third-order valence-electron chi connectivity index (χ3n) is 3.47. The van der Waals surface area contributed by atoms with Gasteiger partial charge in [-0.25, -0.2) is 4.79 Å². The summed E-state index contributed by atoms with van der Waals surface area (Å²) in [6.07, 6.45) is -5.32. The van der Waals surface area contributed by atoms with Gasteiger partial charge in [0.15, 0.2) is 6.10 Å². The molecule has 1 N–H and O–H groups in total. The van der Waals surface area contributed by atoms with E-state index in [2.05, 4.69) is 0 Å². The SMILES string of the molecule is Cc1ccccc1SCC[C@H](Oc1ccc(C(F)(F)F)cc1)C(=O)O. The molecule has 25 heavy (non-hydrogen) atoms. The summed E-state index contributed by atoms with van der Waals surface area (Å²) in [4.78, 5) is 12.4. The van der Waals surface area contributed by atoms with E-state index >= 15 is 0 Å². The van der Waals surface area contributed by atoms with Gasteiger partial charge < -0.3 is 9.84 Å². The van der Waals surface area contributed by atoms with E-state index in [9.17, 15) is 23.1 Å². The van der Waals surface area contributed by atoms with E-state index in [-0.39, 0.29) is 12.2 Å². The average Bonchev–Trinajstić information content (AvgIpc) is 2.55. The molecule has 0 aliphatic rings. The molecular weight excluding hydrogens is 353 g/mol. The number of rotatable bonds is 7. The maximum Gasteiger partial charge on any atom is 0.416 e. The smallest absolute Gasteiger partial charge is 0.416 e. The number of benzene rings is 2. The predicted octanol–water partition coefficient (Wildman–Crippen LogP) is 5.03. The fraction of sp³-hybridized carbons (Fsp3) is 0.278. The summed E-state index contributed by atoms with van der Waals surface area (Å²) in [5, 5.41) is 9.26. The number of carbonyl (C=O) groups is 1. The number of ether oxygens (including phenoxy) is 1. The van der Waals surface area contributed by atoms with E-state index in [0.29, 0.717) is 5.75 Å². The monoisotopic (exact) mass is 370 g/mol. The zero-order valence-corrected chi connectivity index (χ0v) is 14.2. The molecule has 0 bridgehead atoms. The minimum Gasteiger partial charge on any atom is -0.479 e. The Hall–Kier alpha value is -2.15. The molecule has 0 amide bonds. The van der Waals surface area contributed by atoms with Crippen LogP contribution in [0.5, 0.6) is 5.75 Å². The summed E-state index contributed by atoms with van der Waals surface area (Å²) in [5.41, 5.74) is 0.296. The molecule has 0 aliphatic carbocycles. The van der Waals surface area contributed by atoms with E-state index in [1.54, 1.807) is 0 Å². The van der Waals surface area contributed by atoms with Crippen LogP contribution in [0.3, 0.4) is 0 Å². The van der Waals surface area contributed by atoms with Crippen molar-refractivity contribution in [2.45, 2.75) is 30.5 Å². The molecule has 2 aromatic rings. The van der Waals surface area contributed by atoms with Crippen LogP contribution in [0, 0.1) is 6.92 Å². The lowest BCUT2D eigenvalue weighted by Gasteiger charge is -2.16. The van der Waals surface area contributed by atoms with Crippen molar-refractivity contribution in [1.29, 1.82) is 0 Å². The Morgan fingerprint density at radius 2 is 1.80 bits per heavy atom. The van der Waals surface area contributed by atoms with E-state index < -0.39 is 23.8 Å². The van der Waals surface area contributed by atoms with E-state index in [0.717, 1.165) is 34.7 Å². The van der Waals surface area contributed by atoms with Crippen LogP contribution < -0.4 is 4.74 Å². The first kappa shape index (κ1) is 19.2. The highest BCUT2D eigenvalue weighted by Crippen LogP contribution is 2.30. The molecule has 134 valence electrons. The van der Waals surface area contributed by atoms with Crippen LogP contribution in [0.4, 0.5) is 13.2 Å². The lowest BCUT2D eigenvalue weighted by atomic mass is 10.2. The second-order valence-corrected chi connectivity index (χ2v) is 6.51.